The Morgan fingerprint density at radius 2 is 1.88 bits per heavy atom. The third kappa shape index (κ3) is 3.50. The van der Waals surface area contributed by atoms with Crippen LogP contribution in [0.1, 0.15) is 11.1 Å². The van der Waals surface area contributed by atoms with Gasteiger partial charge in [0, 0.05) is 23.4 Å². The third-order valence-corrected chi connectivity index (χ3v) is 3.60. The molecule has 1 heterocycles. The molecule has 25 heavy (non-hydrogen) atoms. The van der Waals surface area contributed by atoms with Gasteiger partial charge in [0.25, 0.3) is 11.6 Å². The topological polar surface area (TPSA) is 89.3 Å². The van der Waals surface area contributed by atoms with E-state index in [2.05, 4.69) is 5.32 Å². The summed E-state index contributed by atoms with van der Waals surface area (Å²) in [5.41, 5.74) is 1.42. The lowest BCUT2D eigenvalue weighted by Crippen LogP contribution is -2.05. The first-order chi connectivity index (χ1) is 11.9. The second-order valence-electron chi connectivity index (χ2n) is 5.29. The predicted octanol–water partition coefficient (Wildman–Crippen LogP) is 3.35. The van der Waals surface area contributed by atoms with Crippen molar-refractivity contribution in [3.8, 4) is 0 Å². The Balaban J connectivity index is 1.80. The second-order valence-corrected chi connectivity index (χ2v) is 5.29. The van der Waals surface area contributed by atoms with Gasteiger partial charge in [-0.2, -0.15) is 0 Å². The average molecular weight is 338 g/mol. The minimum absolute atomic E-state index is 0.0492. The highest BCUT2D eigenvalue weighted by Crippen LogP contribution is 2.32. The Labute approximate surface area is 141 Å². The molecule has 0 radical (unpaired) electrons. The van der Waals surface area contributed by atoms with Crippen molar-refractivity contribution < 1.29 is 18.9 Å². The van der Waals surface area contributed by atoms with Gasteiger partial charge in [-0.3, -0.25) is 19.7 Å². The number of halogens is 1. The average Bonchev–Trinajstić information content (AvgIpc) is 2.88. The van der Waals surface area contributed by atoms with Gasteiger partial charge in [-0.05, 0) is 48.0 Å². The van der Waals surface area contributed by atoms with Gasteiger partial charge in [0.15, 0.2) is 5.78 Å². The molecule has 6 nitrogen and oxygen atoms in total. The molecule has 0 aliphatic carbocycles. The largest absolute Gasteiger partial charge is 0.321 e. The van der Waals surface area contributed by atoms with E-state index in [-0.39, 0.29) is 11.3 Å². The maximum Gasteiger partial charge on any atom is 0.269 e. The van der Waals surface area contributed by atoms with Crippen molar-refractivity contribution in [1.29, 1.82) is 0 Å². The monoisotopic (exact) mass is 338 g/mol. The van der Waals surface area contributed by atoms with Crippen LogP contribution in [0, 0.1) is 15.9 Å². The van der Waals surface area contributed by atoms with Gasteiger partial charge < -0.3 is 5.32 Å². The van der Waals surface area contributed by atoms with Gasteiger partial charge >= 0.3 is 0 Å². The molecule has 7 heteroatoms. The molecule has 2 aromatic carbocycles. The summed E-state index contributed by atoms with van der Waals surface area (Å²) in [5.74, 6) is -1.44. The van der Waals surface area contributed by atoms with Crippen LogP contribution in [0.4, 0.5) is 15.8 Å². The number of non-ortho nitro benzene ring substituents is 1. The van der Waals surface area contributed by atoms with Crippen molar-refractivity contribution in [2.45, 2.75) is 0 Å². The molecule has 0 fully saturated rings. The van der Waals surface area contributed by atoms with Gasteiger partial charge in [-0.25, -0.2) is 4.39 Å². The molecule has 0 bridgehead atoms. The number of carbonyl (C=O) groups is 2. The fraction of sp³-hybridized carbons (Fsp3) is 0. The molecule has 124 valence electrons. The minimum Gasteiger partial charge on any atom is -0.321 e. The van der Waals surface area contributed by atoms with Crippen molar-refractivity contribution in [3.05, 3.63) is 81.7 Å². The van der Waals surface area contributed by atoms with E-state index in [1.807, 2.05) is 0 Å². The van der Waals surface area contributed by atoms with Crippen molar-refractivity contribution in [2.24, 2.45) is 0 Å². The van der Waals surface area contributed by atoms with Crippen molar-refractivity contribution in [2.75, 3.05) is 5.32 Å². The summed E-state index contributed by atoms with van der Waals surface area (Å²) >= 11 is 0. The number of fused-ring (bicyclic) bond motifs is 1. The molecular formula is C18H11FN2O4. The fourth-order valence-electron chi connectivity index (χ4n) is 2.38. The fourth-order valence-corrected chi connectivity index (χ4v) is 2.38. The molecule has 2 aromatic rings. The van der Waals surface area contributed by atoms with Crippen LogP contribution in [0.3, 0.4) is 0 Å². The van der Waals surface area contributed by atoms with E-state index in [1.165, 1.54) is 54.6 Å². The van der Waals surface area contributed by atoms with E-state index in [4.69, 9.17) is 0 Å². The number of carbonyl (C=O) groups excluding carboxylic acids is 2. The van der Waals surface area contributed by atoms with E-state index in [9.17, 15) is 24.1 Å². The van der Waals surface area contributed by atoms with Crippen LogP contribution < -0.4 is 5.32 Å². The number of nitro groups is 1. The first-order valence-corrected chi connectivity index (χ1v) is 7.23. The zero-order valence-electron chi connectivity index (χ0n) is 12.7. The summed E-state index contributed by atoms with van der Waals surface area (Å²) in [7, 11) is 0. The van der Waals surface area contributed by atoms with Gasteiger partial charge in [0.1, 0.15) is 5.82 Å². The van der Waals surface area contributed by atoms with Crippen LogP contribution in [0.5, 0.6) is 0 Å². The quantitative estimate of drug-likeness (QED) is 0.526. The minimum atomic E-state index is -0.516. The molecule has 1 amide bonds. The summed E-state index contributed by atoms with van der Waals surface area (Å²) in [6.07, 6.45) is 3.84. The SMILES string of the molecule is O=C(C=Cc1ccc([N+](=O)[O-])cc1)C=C1C(=O)Nc2ccc(F)cc21. The number of amides is 1. The summed E-state index contributed by atoms with van der Waals surface area (Å²) in [5, 5.41) is 13.1. The van der Waals surface area contributed by atoms with E-state index < -0.39 is 22.4 Å². The number of nitro benzene ring substituents is 1. The van der Waals surface area contributed by atoms with Crippen LogP contribution in [0.2, 0.25) is 0 Å². The Hall–Kier alpha value is -3.61. The van der Waals surface area contributed by atoms with E-state index in [0.717, 1.165) is 6.08 Å². The van der Waals surface area contributed by atoms with Crippen LogP contribution >= 0.6 is 0 Å². The molecule has 1 aliphatic heterocycles. The van der Waals surface area contributed by atoms with Crippen LogP contribution in [0.15, 0.2) is 54.6 Å². The zero-order valence-corrected chi connectivity index (χ0v) is 12.7. The number of ketones is 1. The highest BCUT2D eigenvalue weighted by atomic mass is 19.1. The summed E-state index contributed by atoms with van der Waals surface area (Å²) in [4.78, 5) is 34.0. The maximum atomic E-state index is 13.3. The lowest BCUT2D eigenvalue weighted by atomic mass is 10.1. The third-order valence-electron chi connectivity index (χ3n) is 3.60. The molecular weight excluding hydrogens is 327 g/mol. The molecule has 1 aliphatic rings. The molecule has 0 spiro atoms. The van der Waals surface area contributed by atoms with Gasteiger partial charge in [-0.1, -0.05) is 6.08 Å². The summed E-state index contributed by atoms with van der Waals surface area (Å²) in [6.45, 7) is 0. The number of anilines is 1. The molecule has 0 saturated carbocycles. The number of benzene rings is 2. The first kappa shape index (κ1) is 16.3. The molecule has 1 N–H and O–H groups in total. The van der Waals surface area contributed by atoms with Gasteiger partial charge in [0.2, 0.25) is 0 Å². The van der Waals surface area contributed by atoms with Crippen LogP contribution in [-0.4, -0.2) is 16.6 Å². The van der Waals surface area contributed by atoms with E-state index >= 15 is 0 Å². The number of rotatable bonds is 4. The number of nitrogens with one attached hydrogen (secondary N) is 1. The van der Waals surface area contributed by atoms with Crippen LogP contribution in [-0.2, 0) is 9.59 Å². The van der Waals surface area contributed by atoms with Gasteiger partial charge in [0.05, 0.1) is 10.5 Å². The van der Waals surface area contributed by atoms with E-state index in [1.54, 1.807) is 0 Å². The normalized spacial score (nSPS) is 14.6. The smallest absolute Gasteiger partial charge is 0.269 e. The number of nitrogens with zero attached hydrogens (tertiary/aromatic N) is 1. The lowest BCUT2D eigenvalue weighted by molar-refractivity contribution is -0.384. The first-order valence-electron chi connectivity index (χ1n) is 7.23. The number of hydrogen-bond donors (Lipinski definition) is 1. The Bertz CT molecular complexity index is 946. The molecule has 0 atom stereocenters. The summed E-state index contributed by atoms with van der Waals surface area (Å²) in [6, 6.07) is 9.49. The second kappa shape index (κ2) is 6.48. The Morgan fingerprint density at radius 1 is 1.16 bits per heavy atom. The van der Waals surface area contributed by atoms with Crippen molar-refractivity contribution in [3.63, 3.8) is 0 Å². The number of hydrogen-bond acceptors (Lipinski definition) is 4. The molecule has 3 rings (SSSR count). The molecule has 0 unspecified atom stereocenters. The van der Waals surface area contributed by atoms with Crippen molar-refractivity contribution in [1.82, 2.24) is 0 Å². The van der Waals surface area contributed by atoms with Crippen LogP contribution in [0.25, 0.3) is 11.6 Å². The maximum absolute atomic E-state index is 13.3. The Morgan fingerprint density at radius 3 is 2.56 bits per heavy atom. The van der Waals surface area contributed by atoms with Gasteiger partial charge in [-0.15, -0.1) is 0 Å². The lowest BCUT2D eigenvalue weighted by Gasteiger charge is -1.97. The number of allylic oxidation sites excluding steroid dienone is 2. The highest BCUT2D eigenvalue weighted by Gasteiger charge is 2.24. The predicted molar refractivity (Wildman–Crippen MR) is 90.1 cm³/mol. The zero-order chi connectivity index (χ0) is 18.0. The molecule has 0 aromatic heterocycles. The Kier molecular flexibility index (Phi) is 4.21. The summed E-state index contributed by atoms with van der Waals surface area (Å²) < 4.78 is 13.3. The van der Waals surface area contributed by atoms with Crippen molar-refractivity contribution >= 4 is 34.7 Å². The standard InChI is InChI=1S/C18H11FN2O4/c19-12-4-8-17-15(9-12)16(18(23)20-17)10-14(22)7-3-11-1-5-13(6-2-11)21(24)25/h1-10H,(H,20,23). The highest BCUT2D eigenvalue weighted by molar-refractivity contribution is 6.34. The van der Waals surface area contributed by atoms with E-state index in [0.29, 0.717) is 16.8 Å². The molecule has 0 saturated heterocycles.